The maximum absolute atomic E-state index is 12.6. The number of amides is 1. The van der Waals surface area contributed by atoms with Crippen molar-refractivity contribution in [3.63, 3.8) is 0 Å². The van der Waals surface area contributed by atoms with E-state index >= 15 is 0 Å². The molecule has 24 heavy (non-hydrogen) atoms. The third-order valence-corrected chi connectivity index (χ3v) is 3.89. The molecule has 0 fully saturated rings. The Morgan fingerprint density at radius 1 is 1.25 bits per heavy atom. The fraction of sp³-hybridized carbons (Fsp3) is 0.111. The lowest BCUT2D eigenvalue weighted by molar-refractivity contribution is 0.102. The van der Waals surface area contributed by atoms with Gasteiger partial charge in [-0.15, -0.1) is 0 Å². The van der Waals surface area contributed by atoms with Crippen LogP contribution in [-0.2, 0) is 6.42 Å². The number of nitrogens with one attached hydrogen (secondary N) is 1. The van der Waals surface area contributed by atoms with Gasteiger partial charge in [0.1, 0.15) is 5.75 Å². The summed E-state index contributed by atoms with van der Waals surface area (Å²) in [6.07, 6.45) is 2.17. The number of halogens is 1. The van der Waals surface area contributed by atoms with Gasteiger partial charge in [-0.3, -0.25) is 4.79 Å². The topological polar surface area (TPSA) is 67.2 Å². The van der Waals surface area contributed by atoms with E-state index in [1.807, 2.05) is 37.3 Å². The van der Waals surface area contributed by atoms with Crippen molar-refractivity contribution in [2.75, 3.05) is 5.32 Å². The molecule has 0 saturated carbocycles. The lowest BCUT2D eigenvalue weighted by Crippen LogP contribution is -2.14. The second-order valence-corrected chi connectivity index (χ2v) is 5.66. The molecule has 1 aromatic heterocycles. The predicted octanol–water partition coefficient (Wildman–Crippen LogP) is 4.05. The number of para-hydroxylation sites is 1. The second kappa shape index (κ2) is 6.76. The molecule has 3 aromatic rings. The number of phenols is 1. The molecule has 0 saturated heterocycles. The Morgan fingerprint density at radius 2 is 2.00 bits per heavy atom. The Labute approximate surface area is 144 Å². The Kier molecular flexibility index (Phi) is 4.53. The average molecular weight is 342 g/mol. The third kappa shape index (κ3) is 3.12. The summed E-state index contributed by atoms with van der Waals surface area (Å²) in [6, 6.07) is 14.1. The lowest BCUT2D eigenvalue weighted by Gasteiger charge is -2.09. The summed E-state index contributed by atoms with van der Waals surface area (Å²) in [7, 11) is 0. The fourth-order valence-electron chi connectivity index (χ4n) is 2.49. The summed E-state index contributed by atoms with van der Waals surface area (Å²) in [5.41, 5.74) is 2.40. The van der Waals surface area contributed by atoms with Crippen LogP contribution in [0.4, 0.5) is 5.69 Å². The van der Waals surface area contributed by atoms with Crippen LogP contribution in [0.3, 0.4) is 0 Å². The molecule has 0 bridgehead atoms. The molecule has 0 aliphatic rings. The van der Waals surface area contributed by atoms with Crippen LogP contribution in [0, 0.1) is 0 Å². The van der Waals surface area contributed by atoms with Crippen LogP contribution in [0.15, 0.2) is 54.7 Å². The fourth-order valence-corrected chi connectivity index (χ4v) is 2.67. The van der Waals surface area contributed by atoms with Gasteiger partial charge < -0.3 is 10.4 Å². The molecule has 122 valence electrons. The number of hydrogen-bond acceptors (Lipinski definition) is 3. The molecule has 3 rings (SSSR count). The van der Waals surface area contributed by atoms with E-state index in [4.69, 9.17) is 11.6 Å². The van der Waals surface area contributed by atoms with Gasteiger partial charge in [0, 0.05) is 5.02 Å². The molecule has 5 nitrogen and oxygen atoms in total. The number of carbonyl (C=O) groups is 1. The molecule has 0 spiro atoms. The minimum atomic E-state index is -0.341. The normalized spacial score (nSPS) is 10.6. The van der Waals surface area contributed by atoms with E-state index in [1.165, 1.54) is 18.3 Å². The summed E-state index contributed by atoms with van der Waals surface area (Å²) in [4.78, 5) is 12.6. The van der Waals surface area contributed by atoms with Gasteiger partial charge in [-0.05, 0) is 36.8 Å². The van der Waals surface area contributed by atoms with E-state index in [1.54, 1.807) is 10.7 Å². The molecule has 2 aromatic carbocycles. The van der Waals surface area contributed by atoms with Gasteiger partial charge in [-0.25, -0.2) is 4.68 Å². The van der Waals surface area contributed by atoms with Crippen LogP contribution in [0.25, 0.3) is 5.69 Å². The molecule has 0 aliphatic heterocycles. The number of rotatable bonds is 4. The first-order valence-corrected chi connectivity index (χ1v) is 7.90. The molecule has 0 unspecified atom stereocenters. The van der Waals surface area contributed by atoms with Gasteiger partial charge >= 0.3 is 0 Å². The molecular weight excluding hydrogens is 326 g/mol. The number of hydrogen-bond donors (Lipinski definition) is 2. The van der Waals surface area contributed by atoms with Gasteiger partial charge in [-0.1, -0.05) is 36.7 Å². The van der Waals surface area contributed by atoms with Crippen molar-refractivity contribution in [3.05, 3.63) is 71.0 Å². The van der Waals surface area contributed by atoms with Crippen LogP contribution in [0.1, 0.15) is 23.0 Å². The molecular formula is C18H16ClN3O2. The van der Waals surface area contributed by atoms with E-state index in [0.717, 1.165) is 11.4 Å². The molecule has 1 amide bonds. The Balaban J connectivity index is 1.93. The largest absolute Gasteiger partial charge is 0.506 e. The van der Waals surface area contributed by atoms with Crippen molar-refractivity contribution in [1.82, 2.24) is 9.78 Å². The third-order valence-electron chi connectivity index (χ3n) is 3.66. The van der Waals surface area contributed by atoms with Crippen molar-refractivity contribution < 1.29 is 9.90 Å². The minimum absolute atomic E-state index is 0.0405. The highest BCUT2D eigenvalue weighted by molar-refractivity contribution is 6.31. The summed E-state index contributed by atoms with van der Waals surface area (Å²) in [6.45, 7) is 1.96. The van der Waals surface area contributed by atoms with Gasteiger partial charge in [-0.2, -0.15) is 5.10 Å². The summed E-state index contributed by atoms with van der Waals surface area (Å²) < 4.78 is 1.74. The number of aromatic hydroxyl groups is 1. The van der Waals surface area contributed by atoms with Crippen LogP contribution in [0.5, 0.6) is 5.75 Å². The molecule has 2 N–H and O–H groups in total. The Bertz CT molecular complexity index is 875. The van der Waals surface area contributed by atoms with Crippen LogP contribution < -0.4 is 5.32 Å². The standard InChI is InChI=1S/C18H16ClN3O2/c1-2-16-14(11-20-22(16)13-6-4-3-5-7-13)18(24)21-15-10-12(19)8-9-17(15)23/h3-11,23H,2H2,1H3,(H,21,24). The summed E-state index contributed by atoms with van der Waals surface area (Å²) >= 11 is 5.91. The van der Waals surface area contributed by atoms with E-state index in [2.05, 4.69) is 10.4 Å². The Morgan fingerprint density at radius 3 is 2.71 bits per heavy atom. The highest BCUT2D eigenvalue weighted by atomic mass is 35.5. The molecule has 0 radical (unpaired) electrons. The smallest absolute Gasteiger partial charge is 0.259 e. The zero-order valence-electron chi connectivity index (χ0n) is 13.0. The van der Waals surface area contributed by atoms with Gasteiger partial charge in [0.15, 0.2) is 0 Å². The molecule has 0 aliphatic carbocycles. The van der Waals surface area contributed by atoms with E-state index in [9.17, 15) is 9.90 Å². The van der Waals surface area contributed by atoms with Crippen molar-refractivity contribution in [2.45, 2.75) is 13.3 Å². The average Bonchev–Trinajstić information content (AvgIpc) is 3.03. The first-order valence-electron chi connectivity index (χ1n) is 7.52. The van der Waals surface area contributed by atoms with Crippen molar-refractivity contribution in [1.29, 1.82) is 0 Å². The van der Waals surface area contributed by atoms with Crippen molar-refractivity contribution in [2.24, 2.45) is 0 Å². The molecule has 1 heterocycles. The zero-order valence-corrected chi connectivity index (χ0v) is 13.8. The summed E-state index contributed by atoms with van der Waals surface area (Å²) in [5, 5.41) is 17.3. The van der Waals surface area contributed by atoms with E-state index in [0.29, 0.717) is 17.0 Å². The van der Waals surface area contributed by atoms with Gasteiger partial charge in [0.25, 0.3) is 5.91 Å². The minimum Gasteiger partial charge on any atom is -0.506 e. The van der Waals surface area contributed by atoms with E-state index < -0.39 is 0 Å². The van der Waals surface area contributed by atoms with Gasteiger partial charge in [0.05, 0.1) is 28.8 Å². The van der Waals surface area contributed by atoms with Crippen LogP contribution in [-0.4, -0.2) is 20.8 Å². The first-order chi connectivity index (χ1) is 11.6. The quantitative estimate of drug-likeness (QED) is 0.703. The predicted molar refractivity (Wildman–Crippen MR) is 94.0 cm³/mol. The summed E-state index contributed by atoms with van der Waals surface area (Å²) in [5.74, 6) is -0.382. The monoisotopic (exact) mass is 341 g/mol. The second-order valence-electron chi connectivity index (χ2n) is 5.22. The number of phenolic OH excluding ortho intramolecular Hbond substituents is 1. The van der Waals surface area contributed by atoms with Crippen molar-refractivity contribution >= 4 is 23.2 Å². The maximum atomic E-state index is 12.6. The number of nitrogens with zero attached hydrogens (tertiary/aromatic N) is 2. The zero-order chi connectivity index (χ0) is 17.1. The number of carbonyl (C=O) groups excluding carboxylic acids is 1. The molecule has 0 atom stereocenters. The lowest BCUT2D eigenvalue weighted by atomic mass is 10.1. The van der Waals surface area contributed by atoms with Crippen LogP contribution >= 0.6 is 11.6 Å². The van der Waals surface area contributed by atoms with Crippen LogP contribution in [0.2, 0.25) is 5.02 Å². The highest BCUT2D eigenvalue weighted by Crippen LogP contribution is 2.27. The maximum Gasteiger partial charge on any atom is 0.259 e. The van der Waals surface area contributed by atoms with E-state index in [-0.39, 0.29) is 17.3 Å². The number of benzene rings is 2. The SMILES string of the molecule is CCc1c(C(=O)Nc2cc(Cl)ccc2O)cnn1-c1ccccc1. The number of aromatic nitrogens is 2. The Hall–Kier alpha value is -2.79. The first kappa shape index (κ1) is 16.1. The molecule has 6 heteroatoms. The highest BCUT2D eigenvalue weighted by Gasteiger charge is 2.18. The van der Waals surface area contributed by atoms with Crippen molar-refractivity contribution in [3.8, 4) is 11.4 Å². The number of anilines is 1. The van der Waals surface area contributed by atoms with Gasteiger partial charge in [0.2, 0.25) is 0 Å².